The molecular weight excluding hydrogens is 368 g/mol. The Kier molecular flexibility index (Phi) is 5.27. The van der Waals surface area contributed by atoms with Gasteiger partial charge in [-0.25, -0.2) is 4.98 Å². The number of likely N-dealkylation sites (tertiary alicyclic amines) is 1. The fourth-order valence-electron chi connectivity index (χ4n) is 5.20. The minimum atomic E-state index is -0.628. The van der Waals surface area contributed by atoms with Gasteiger partial charge in [-0.2, -0.15) is 0 Å². The monoisotopic (exact) mass is 400 g/mol. The van der Waals surface area contributed by atoms with Gasteiger partial charge in [-0.05, 0) is 12.8 Å². The molecule has 0 aromatic carbocycles. The van der Waals surface area contributed by atoms with E-state index in [-0.39, 0.29) is 17.9 Å². The molecule has 4 atom stereocenters. The largest absolute Gasteiger partial charge is 0.360 e. The summed E-state index contributed by atoms with van der Waals surface area (Å²) in [6, 6.07) is 0. The third-order valence-corrected chi connectivity index (χ3v) is 6.99. The Morgan fingerprint density at radius 3 is 2.83 bits per heavy atom. The third kappa shape index (κ3) is 3.19. The number of ether oxygens (including phenoxy) is 1. The van der Waals surface area contributed by atoms with E-state index in [1.54, 1.807) is 18.1 Å². The molecule has 1 aromatic rings. The second kappa shape index (κ2) is 7.59. The molecule has 2 amide bonds. The Morgan fingerprint density at radius 2 is 2.14 bits per heavy atom. The molecule has 0 N–H and O–H groups in total. The molecule has 2 saturated heterocycles. The van der Waals surface area contributed by atoms with Crippen LogP contribution in [0.15, 0.2) is 24.5 Å². The van der Waals surface area contributed by atoms with Gasteiger partial charge in [0.15, 0.2) is 0 Å². The van der Waals surface area contributed by atoms with E-state index in [0.29, 0.717) is 19.0 Å². The van der Waals surface area contributed by atoms with Crippen molar-refractivity contribution in [2.75, 3.05) is 20.1 Å². The standard InChI is InChI=1S/C22H32N4O3/c1-5-15(6-2)12-26-14-22-9-8-16(29-22)18(19(22)21(26)28)20(27)24(4)13-17-23-10-11-25(17)7-3/h8-11,15-16,18-19H,5-7,12-14H2,1-4H3/t16-,18?,19?,22-/m0/s1. The first kappa shape index (κ1) is 20.1. The van der Waals surface area contributed by atoms with E-state index in [0.717, 1.165) is 31.8 Å². The average Bonchev–Trinajstić information content (AvgIpc) is 3.46. The number of rotatable bonds is 8. The molecule has 1 aromatic heterocycles. The second-order valence-electron chi connectivity index (χ2n) is 8.63. The molecule has 158 valence electrons. The van der Waals surface area contributed by atoms with Gasteiger partial charge in [0.05, 0.1) is 31.0 Å². The van der Waals surface area contributed by atoms with Gasteiger partial charge in [-0.3, -0.25) is 9.59 Å². The van der Waals surface area contributed by atoms with Crippen molar-refractivity contribution in [2.24, 2.45) is 17.8 Å². The molecule has 2 bridgehead atoms. The first-order valence-corrected chi connectivity index (χ1v) is 10.8. The van der Waals surface area contributed by atoms with Crippen molar-refractivity contribution in [3.8, 4) is 0 Å². The molecule has 29 heavy (non-hydrogen) atoms. The van der Waals surface area contributed by atoms with Crippen LogP contribution in [0.25, 0.3) is 0 Å². The number of aromatic nitrogens is 2. The van der Waals surface area contributed by atoms with E-state index >= 15 is 0 Å². The minimum absolute atomic E-state index is 0.0328. The fourth-order valence-corrected chi connectivity index (χ4v) is 5.20. The molecule has 2 unspecified atom stereocenters. The van der Waals surface area contributed by atoms with Crippen LogP contribution in [0.5, 0.6) is 0 Å². The normalized spacial score (nSPS) is 29.9. The number of aryl methyl sites for hydroxylation is 1. The van der Waals surface area contributed by atoms with Gasteiger partial charge in [0.25, 0.3) is 0 Å². The first-order chi connectivity index (χ1) is 13.9. The summed E-state index contributed by atoms with van der Waals surface area (Å²) >= 11 is 0. The smallest absolute Gasteiger partial charge is 0.230 e. The molecule has 4 heterocycles. The van der Waals surface area contributed by atoms with E-state index in [1.807, 2.05) is 27.8 Å². The van der Waals surface area contributed by atoms with Gasteiger partial charge in [-0.1, -0.05) is 38.8 Å². The number of carbonyl (C=O) groups is 2. The van der Waals surface area contributed by atoms with Crippen molar-refractivity contribution in [3.63, 3.8) is 0 Å². The number of hydrogen-bond donors (Lipinski definition) is 0. The zero-order valence-electron chi connectivity index (χ0n) is 17.9. The summed E-state index contributed by atoms with van der Waals surface area (Å²) in [7, 11) is 1.79. The van der Waals surface area contributed by atoms with E-state index in [4.69, 9.17) is 4.74 Å². The number of imidazole rings is 1. The molecule has 3 aliphatic heterocycles. The van der Waals surface area contributed by atoms with Crippen LogP contribution in [0.1, 0.15) is 39.4 Å². The molecule has 7 nitrogen and oxygen atoms in total. The van der Waals surface area contributed by atoms with E-state index in [2.05, 4.69) is 25.8 Å². The van der Waals surface area contributed by atoms with Crippen molar-refractivity contribution in [1.29, 1.82) is 0 Å². The highest BCUT2D eigenvalue weighted by Crippen LogP contribution is 2.52. The quantitative estimate of drug-likeness (QED) is 0.627. The summed E-state index contributed by atoms with van der Waals surface area (Å²) < 4.78 is 8.28. The maximum Gasteiger partial charge on any atom is 0.230 e. The maximum absolute atomic E-state index is 13.4. The zero-order chi connectivity index (χ0) is 20.8. The predicted molar refractivity (Wildman–Crippen MR) is 109 cm³/mol. The van der Waals surface area contributed by atoms with Crippen LogP contribution >= 0.6 is 0 Å². The number of nitrogens with zero attached hydrogens (tertiary/aromatic N) is 4. The highest BCUT2D eigenvalue weighted by atomic mass is 16.5. The third-order valence-electron chi connectivity index (χ3n) is 6.99. The molecule has 0 saturated carbocycles. The van der Waals surface area contributed by atoms with Gasteiger partial charge in [0.1, 0.15) is 11.4 Å². The van der Waals surface area contributed by atoms with E-state index < -0.39 is 17.4 Å². The lowest BCUT2D eigenvalue weighted by atomic mass is 9.76. The molecule has 2 fully saturated rings. The lowest BCUT2D eigenvalue weighted by Crippen LogP contribution is -2.45. The molecule has 3 aliphatic rings. The topological polar surface area (TPSA) is 67.7 Å². The lowest BCUT2D eigenvalue weighted by molar-refractivity contribution is -0.143. The predicted octanol–water partition coefficient (Wildman–Crippen LogP) is 2.08. The Balaban J connectivity index is 1.52. The maximum atomic E-state index is 13.4. The van der Waals surface area contributed by atoms with Gasteiger partial charge < -0.3 is 19.1 Å². The number of amides is 2. The summed E-state index contributed by atoms with van der Waals surface area (Å²) in [4.78, 5) is 34.7. The van der Waals surface area contributed by atoms with Crippen LogP contribution in [0.3, 0.4) is 0 Å². The SMILES string of the molecule is CCC(CC)CN1C[C@]23C=C[C@H](O2)C(C(=O)N(C)Cc2nccn2CC)C3C1=O. The van der Waals surface area contributed by atoms with Crippen LogP contribution < -0.4 is 0 Å². The first-order valence-electron chi connectivity index (χ1n) is 10.8. The van der Waals surface area contributed by atoms with Gasteiger partial charge in [0.2, 0.25) is 11.8 Å². The Hall–Kier alpha value is -2.15. The van der Waals surface area contributed by atoms with E-state index in [1.165, 1.54) is 0 Å². The molecule has 0 aliphatic carbocycles. The van der Waals surface area contributed by atoms with Crippen LogP contribution in [0, 0.1) is 17.8 Å². The van der Waals surface area contributed by atoms with Gasteiger partial charge >= 0.3 is 0 Å². The van der Waals surface area contributed by atoms with Crippen molar-refractivity contribution in [1.82, 2.24) is 19.4 Å². The van der Waals surface area contributed by atoms with Crippen LogP contribution in [-0.2, 0) is 27.4 Å². The molecule has 7 heteroatoms. The van der Waals surface area contributed by atoms with Crippen LogP contribution in [0.4, 0.5) is 0 Å². The highest BCUT2D eigenvalue weighted by Gasteiger charge is 2.67. The molecule has 0 radical (unpaired) electrons. The lowest BCUT2D eigenvalue weighted by Gasteiger charge is -2.28. The molecule has 1 spiro atoms. The Bertz CT molecular complexity index is 815. The Morgan fingerprint density at radius 1 is 1.38 bits per heavy atom. The van der Waals surface area contributed by atoms with Gasteiger partial charge in [0, 0.05) is 32.5 Å². The Labute approximate surface area is 172 Å². The molecular formula is C22H32N4O3. The average molecular weight is 401 g/mol. The summed E-state index contributed by atoms with van der Waals surface area (Å²) in [5.41, 5.74) is -0.628. The van der Waals surface area contributed by atoms with Crippen molar-refractivity contribution < 1.29 is 14.3 Å². The van der Waals surface area contributed by atoms with Crippen molar-refractivity contribution >= 4 is 11.8 Å². The van der Waals surface area contributed by atoms with Gasteiger partial charge in [-0.15, -0.1) is 0 Å². The summed E-state index contributed by atoms with van der Waals surface area (Å²) in [5.74, 6) is 0.521. The fraction of sp³-hybridized carbons (Fsp3) is 0.682. The van der Waals surface area contributed by atoms with Crippen LogP contribution in [0.2, 0.25) is 0 Å². The van der Waals surface area contributed by atoms with E-state index in [9.17, 15) is 9.59 Å². The molecule has 4 rings (SSSR count). The summed E-state index contributed by atoms with van der Waals surface area (Å²) in [6.07, 6.45) is 9.47. The number of fused-ring (bicyclic) bond motifs is 1. The second-order valence-corrected chi connectivity index (χ2v) is 8.63. The van der Waals surface area contributed by atoms with Crippen molar-refractivity contribution in [3.05, 3.63) is 30.4 Å². The number of carbonyl (C=O) groups excluding carboxylic acids is 2. The number of hydrogen-bond acceptors (Lipinski definition) is 4. The zero-order valence-corrected chi connectivity index (χ0v) is 17.9. The van der Waals surface area contributed by atoms with Crippen molar-refractivity contribution in [2.45, 2.75) is 58.4 Å². The van der Waals surface area contributed by atoms with Crippen LogP contribution in [-0.4, -0.2) is 63.0 Å². The minimum Gasteiger partial charge on any atom is -0.360 e. The summed E-state index contributed by atoms with van der Waals surface area (Å²) in [5, 5.41) is 0. The summed E-state index contributed by atoms with van der Waals surface area (Å²) in [6.45, 7) is 8.93. The highest BCUT2D eigenvalue weighted by molar-refractivity contribution is 5.93.